The van der Waals surface area contributed by atoms with Gasteiger partial charge in [0.1, 0.15) is 10.6 Å². The molecule has 1 amide bonds. The standard InChI is InChI=1S/C17H20N2O5S/c1-13-5-6-14(23-2)16(12-13)25(21,22)19-9-7-18(8-10-19)17(20)15-4-3-11-24-15/h3-6,11-12H,7-10H2,1-2H3. The first-order valence-corrected chi connectivity index (χ1v) is 9.35. The van der Waals surface area contributed by atoms with Crippen LogP contribution in [0, 0.1) is 6.92 Å². The fourth-order valence-electron chi connectivity index (χ4n) is 2.81. The van der Waals surface area contributed by atoms with Gasteiger partial charge in [0.2, 0.25) is 10.0 Å². The maximum atomic E-state index is 12.9. The van der Waals surface area contributed by atoms with Gasteiger partial charge in [0.15, 0.2) is 5.76 Å². The molecule has 25 heavy (non-hydrogen) atoms. The van der Waals surface area contributed by atoms with Crippen LogP contribution in [0.15, 0.2) is 45.9 Å². The molecule has 1 aliphatic heterocycles. The number of ether oxygens (including phenoxy) is 1. The third kappa shape index (κ3) is 3.40. The van der Waals surface area contributed by atoms with E-state index < -0.39 is 10.0 Å². The molecule has 1 aromatic carbocycles. The summed E-state index contributed by atoms with van der Waals surface area (Å²) in [7, 11) is -2.24. The molecule has 0 spiro atoms. The summed E-state index contributed by atoms with van der Waals surface area (Å²) in [6.07, 6.45) is 1.44. The molecule has 0 atom stereocenters. The van der Waals surface area contributed by atoms with E-state index in [0.717, 1.165) is 5.56 Å². The Bertz CT molecular complexity index is 853. The van der Waals surface area contributed by atoms with Gasteiger partial charge < -0.3 is 14.1 Å². The van der Waals surface area contributed by atoms with Crippen molar-refractivity contribution in [3.05, 3.63) is 47.9 Å². The zero-order valence-electron chi connectivity index (χ0n) is 14.1. The van der Waals surface area contributed by atoms with E-state index in [9.17, 15) is 13.2 Å². The van der Waals surface area contributed by atoms with Crippen molar-refractivity contribution in [1.29, 1.82) is 0 Å². The maximum absolute atomic E-state index is 12.9. The van der Waals surface area contributed by atoms with Crippen LogP contribution >= 0.6 is 0 Å². The van der Waals surface area contributed by atoms with Gasteiger partial charge in [-0.2, -0.15) is 4.31 Å². The SMILES string of the molecule is COc1ccc(C)cc1S(=O)(=O)N1CCN(C(=O)c2ccco2)CC1. The van der Waals surface area contributed by atoms with Crippen molar-refractivity contribution in [2.45, 2.75) is 11.8 Å². The lowest BCUT2D eigenvalue weighted by Gasteiger charge is -2.33. The molecule has 134 valence electrons. The molecule has 8 heteroatoms. The highest BCUT2D eigenvalue weighted by atomic mass is 32.2. The van der Waals surface area contributed by atoms with Crippen LogP contribution in [0.3, 0.4) is 0 Å². The lowest BCUT2D eigenvalue weighted by atomic mass is 10.2. The molecule has 0 aliphatic carbocycles. The second-order valence-electron chi connectivity index (χ2n) is 5.83. The molecule has 1 saturated heterocycles. The van der Waals surface area contributed by atoms with E-state index in [1.807, 2.05) is 6.92 Å². The number of methoxy groups -OCH3 is 1. The lowest BCUT2D eigenvalue weighted by Crippen LogP contribution is -2.50. The van der Waals surface area contributed by atoms with Crippen LogP contribution in [0.1, 0.15) is 16.1 Å². The van der Waals surface area contributed by atoms with Crippen molar-refractivity contribution in [2.24, 2.45) is 0 Å². The number of hydrogen-bond donors (Lipinski definition) is 0. The molecule has 0 saturated carbocycles. The Balaban J connectivity index is 1.76. The first-order valence-electron chi connectivity index (χ1n) is 7.91. The fourth-order valence-corrected chi connectivity index (χ4v) is 4.47. The Kier molecular flexibility index (Phi) is 4.82. The van der Waals surface area contributed by atoms with Crippen LogP contribution in [0.25, 0.3) is 0 Å². The summed E-state index contributed by atoms with van der Waals surface area (Å²) < 4.78 is 37.6. The van der Waals surface area contributed by atoms with E-state index in [0.29, 0.717) is 18.8 Å². The van der Waals surface area contributed by atoms with Gasteiger partial charge in [-0.1, -0.05) is 6.07 Å². The molecule has 0 radical (unpaired) electrons. The maximum Gasteiger partial charge on any atom is 0.289 e. The van der Waals surface area contributed by atoms with E-state index in [1.54, 1.807) is 35.2 Å². The van der Waals surface area contributed by atoms with Crippen LogP contribution in [0.2, 0.25) is 0 Å². The second-order valence-corrected chi connectivity index (χ2v) is 7.73. The number of aryl methyl sites for hydroxylation is 1. The Morgan fingerprint density at radius 2 is 1.88 bits per heavy atom. The predicted octanol–water partition coefficient (Wildman–Crippen LogP) is 1.74. The minimum absolute atomic E-state index is 0.154. The van der Waals surface area contributed by atoms with Gasteiger partial charge in [-0.25, -0.2) is 8.42 Å². The topological polar surface area (TPSA) is 80.1 Å². The van der Waals surface area contributed by atoms with Gasteiger partial charge in [0.05, 0.1) is 13.4 Å². The molecule has 1 fully saturated rings. The summed E-state index contributed by atoms with van der Waals surface area (Å²) in [4.78, 5) is 14.0. The van der Waals surface area contributed by atoms with Crippen molar-refractivity contribution in [1.82, 2.24) is 9.21 Å². The first-order chi connectivity index (χ1) is 11.9. The Morgan fingerprint density at radius 3 is 2.48 bits per heavy atom. The number of benzene rings is 1. The van der Waals surface area contributed by atoms with Crippen molar-refractivity contribution in [3.63, 3.8) is 0 Å². The molecule has 0 bridgehead atoms. The average Bonchev–Trinajstić information content (AvgIpc) is 3.16. The summed E-state index contributed by atoms with van der Waals surface area (Å²) in [6, 6.07) is 8.31. The largest absolute Gasteiger partial charge is 0.495 e. The van der Waals surface area contributed by atoms with Gasteiger partial charge in [0.25, 0.3) is 5.91 Å². The number of sulfonamides is 1. The molecule has 0 unspecified atom stereocenters. The summed E-state index contributed by atoms with van der Waals surface area (Å²) >= 11 is 0. The fraction of sp³-hybridized carbons (Fsp3) is 0.353. The molecule has 1 aliphatic rings. The van der Waals surface area contributed by atoms with Gasteiger partial charge in [0, 0.05) is 26.2 Å². The average molecular weight is 364 g/mol. The van der Waals surface area contributed by atoms with Gasteiger partial charge >= 0.3 is 0 Å². The van der Waals surface area contributed by atoms with Gasteiger partial charge in [-0.3, -0.25) is 4.79 Å². The normalized spacial score (nSPS) is 16.0. The van der Waals surface area contributed by atoms with Crippen LogP contribution in [-0.4, -0.2) is 56.8 Å². The molecule has 1 aromatic heterocycles. The minimum Gasteiger partial charge on any atom is -0.495 e. The van der Waals surface area contributed by atoms with Crippen molar-refractivity contribution in [3.8, 4) is 5.75 Å². The number of rotatable bonds is 4. The van der Waals surface area contributed by atoms with E-state index in [-0.39, 0.29) is 29.7 Å². The summed E-state index contributed by atoms with van der Waals surface area (Å²) in [5.41, 5.74) is 0.839. The number of carbonyl (C=O) groups excluding carboxylic acids is 1. The highest BCUT2D eigenvalue weighted by Gasteiger charge is 2.32. The van der Waals surface area contributed by atoms with Crippen LogP contribution in [0.4, 0.5) is 0 Å². The van der Waals surface area contributed by atoms with E-state index in [4.69, 9.17) is 9.15 Å². The van der Waals surface area contributed by atoms with Crippen molar-refractivity contribution >= 4 is 15.9 Å². The number of amides is 1. The third-order valence-electron chi connectivity index (χ3n) is 4.19. The number of furan rings is 1. The number of nitrogens with zero attached hydrogens (tertiary/aromatic N) is 2. The number of hydrogen-bond acceptors (Lipinski definition) is 5. The van der Waals surface area contributed by atoms with E-state index in [1.165, 1.54) is 17.7 Å². The monoisotopic (exact) mass is 364 g/mol. The summed E-state index contributed by atoms with van der Waals surface area (Å²) in [5, 5.41) is 0. The van der Waals surface area contributed by atoms with E-state index >= 15 is 0 Å². The Hall–Kier alpha value is -2.32. The van der Waals surface area contributed by atoms with Crippen molar-refractivity contribution < 1.29 is 22.4 Å². The molecule has 7 nitrogen and oxygen atoms in total. The van der Waals surface area contributed by atoms with Gasteiger partial charge in [-0.05, 0) is 36.8 Å². The molecular weight excluding hydrogens is 344 g/mol. The zero-order valence-corrected chi connectivity index (χ0v) is 15.0. The van der Waals surface area contributed by atoms with Crippen LogP contribution in [-0.2, 0) is 10.0 Å². The van der Waals surface area contributed by atoms with Crippen molar-refractivity contribution in [2.75, 3.05) is 33.3 Å². The molecule has 0 N–H and O–H groups in total. The quantitative estimate of drug-likeness (QED) is 0.826. The second kappa shape index (κ2) is 6.89. The highest BCUT2D eigenvalue weighted by molar-refractivity contribution is 7.89. The smallest absolute Gasteiger partial charge is 0.289 e. The number of piperazine rings is 1. The molecular formula is C17H20N2O5S. The zero-order chi connectivity index (χ0) is 18.0. The minimum atomic E-state index is -3.68. The predicted molar refractivity (Wildman–Crippen MR) is 91.1 cm³/mol. The lowest BCUT2D eigenvalue weighted by molar-refractivity contribution is 0.0666. The Morgan fingerprint density at radius 1 is 1.16 bits per heavy atom. The molecule has 2 heterocycles. The Labute approximate surface area is 146 Å². The highest BCUT2D eigenvalue weighted by Crippen LogP contribution is 2.28. The van der Waals surface area contributed by atoms with E-state index in [2.05, 4.69) is 0 Å². The third-order valence-corrected chi connectivity index (χ3v) is 6.11. The molecule has 2 aromatic rings. The number of carbonyl (C=O) groups is 1. The molecule has 3 rings (SSSR count). The summed E-state index contributed by atoms with van der Waals surface area (Å²) in [5.74, 6) is 0.353. The van der Waals surface area contributed by atoms with Crippen LogP contribution < -0.4 is 4.74 Å². The van der Waals surface area contributed by atoms with Gasteiger partial charge in [-0.15, -0.1) is 0 Å². The first kappa shape index (κ1) is 17.5. The van der Waals surface area contributed by atoms with Crippen LogP contribution in [0.5, 0.6) is 5.75 Å². The summed E-state index contributed by atoms with van der Waals surface area (Å²) in [6.45, 7) is 2.91.